The summed E-state index contributed by atoms with van der Waals surface area (Å²) in [6, 6.07) is 36.9. The molecule has 1 unspecified atom stereocenters. The Balaban J connectivity index is 1.22. The van der Waals surface area contributed by atoms with Crippen molar-refractivity contribution in [1.82, 2.24) is 0 Å². The van der Waals surface area contributed by atoms with Gasteiger partial charge in [-0.2, -0.15) is 0 Å². The number of amides is 1. The zero-order valence-corrected chi connectivity index (χ0v) is 24.7. The van der Waals surface area contributed by atoms with Gasteiger partial charge in [0.15, 0.2) is 5.78 Å². The number of nitrogens with zero attached hydrogens (tertiary/aromatic N) is 1. The molecule has 0 aliphatic carbocycles. The second kappa shape index (κ2) is 14.2. The first-order valence-corrected chi connectivity index (χ1v) is 14.4. The van der Waals surface area contributed by atoms with Gasteiger partial charge in [0, 0.05) is 35.8 Å². The maximum Gasteiger partial charge on any atom is 0.328 e. The van der Waals surface area contributed by atoms with Crippen LogP contribution in [0.15, 0.2) is 121 Å². The standard InChI is InChI=1S/C37H34N2O5/c1-26(40)39(31-19-18-28-10-6-7-13-30(28)25-31)22-23-44-32-20-16-27(17-21-32)24-35(37(42)43-2)38-34-15-9-8-14-33(34)36(41)29-11-4-3-5-12-29/h3-21,25,35,38H,22-24H2,1-2H3. The molecule has 0 bridgehead atoms. The van der Waals surface area contributed by atoms with Crippen molar-refractivity contribution in [3.63, 3.8) is 0 Å². The molecule has 0 heterocycles. The van der Waals surface area contributed by atoms with Crippen molar-refractivity contribution in [2.24, 2.45) is 0 Å². The SMILES string of the molecule is COC(=O)C(Cc1ccc(OCCN(C(C)=O)c2ccc3ccccc3c2)cc1)Nc1ccccc1C(=O)c1ccccc1. The number of ketones is 1. The number of benzene rings is 5. The Kier molecular flexibility index (Phi) is 9.67. The van der Waals surface area contributed by atoms with Crippen LogP contribution < -0.4 is 15.0 Å². The smallest absolute Gasteiger partial charge is 0.328 e. The van der Waals surface area contributed by atoms with E-state index in [4.69, 9.17) is 9.47 Å². The molecule has 0 aliphatic heterocycles. The number of hydrogen-bond acceptors (Lipinski definition) is 6. The van der Waals surface area contributed by atoms with Crippen LogP contribution in [0.5, 0.6) is 5.75 Å². The monoisotopic (exact) mass is 586 g/mol. The summed E-state index contributed by atoms with van der Waals surface area (Å²) in [5.74, 6) is 0.0119. The molecule has 0 saturated carbocycles. The van der Waals surface area contributed by atoms with Crippen LogP contribution in [0.4, 0.5) is 11.4 Å². The van der Waals surface area contributed by atoms with Crippen molar-refractivity contribution in [3.8, 4) is 5.75 Å². The molecule has 1 amide bonds. The van der Waals surface area contributed by atoms with Gasteiger partial charge in [-0.05, 0) is 52.7 Å². The summed E-state index contributed by atoms with van der Waals surface area (Å²) in [6.07, 6.45) is 0.334. The number of ether oxygens (including phenoxy) is 2. The fraction of sp³-hybridized carbons (Fsp3) is 0.162. The Bertz CT molecular complexity index is 1750. The molecular formula is C37H34N2O5. The highest BCUT2D eigenvalue weighted by Crippen LogP contribution is 2.24. The van der Waals surface area contributed by atoms with E-state index < -0.39 is 12.0 Å². The van der Waals surface area contributed by atoms with Crippen molar-refractivity contribution < 1.29 is 23.9 Å². The average Bonchev–Trinajstić information content (AvgIpc) is 3.06. The minimum Gasteiger partial charge on any atom is -0.492 e. The summed E-state index contributed by atoms with van der Waals surface area (Å²) in [4.78, 5) is 40.1. The first-order valence-electron chi connectivity index (χ1n) is 14.4. The molecule has 7 heteroatoms. The molecule has 0 radical (unpaired) electrons. The fourth-order valence-corrected chi connectivity index (χ4v) is 5.10. The topological polar surface area (TPSA) is 84.9 Å². The molecular weight excluding hydrogens is 552 g/mol. The summed E-state index contributed by atoms with van der Waals surface area (Å²) < 4.78 is 11.0. The van der Waals surface area contributed by atoms with Crippen LogP contribution in [0, 0.1) is 0 Å². The Hall–Kier alpha value is -5.43. The minimum atomic E-state index is -0.720. The van der Waals surface area contributed by atoms with Crippen molar-refractivity contribution in [2.45, 2.75) is 19.4 Å². The quantitative estimate of drug-likeness (QED) is 0.129. The van der Waals surface area contributed by atoms with Crippen LogP contribution in [0.2, 0.25) is 0 Å². The van der Waals surface area contributed by atoms with Gasteiger partial charge in [0.05, 0.1) is 13.7 Å². The van der Waals surface area contributed by atoms with Crippen LogP contribution >= 0.6 is 0 Å². The van der Waals surface area contributed by atoms with Crippen LogP contribution in [-0.4, -0.2) is 44.0 Å². The summed E-state index contributed by atoms with van der Waals surface area (Å²) in [7, 11) is 1.34. The zero-order valence-electron chi connectivity index (χ0n) is 24.7. The van der Waals surface area contributed by atoms with Gasteiger partial charge in [0.25, 0.3) is 0 Å². The predicted molar refractivity (Wildman–Crippen MR) is 173 cm³/mol. The van der Waals surface area contributed by atoms with Gasteiger partial charge < -0.3 is 19.7 Å². The lowest BCUT2D eigenvalue weighted by molar-refractivity contribution is -0.141. The molecule has 0 fully saturated rings. The van der Waals surface area contributed by atoms with Crippen molar-refractivity contribution >= 4 is 39.8 Å². The largest absolute Gasteiger partial charge is 0.492 e. The number of carbonyl (C=O) groups excluding carboxylic acids is 3. The van der Waals surface area contributed by atoms with E-state index in [2.05, 4.69) is 5.32 Å². The number of para-hydroxylation sites is 1. The van der Waals surface area contributed by atoms with Crippen molar-refractivity contribution in [1.29, 1.82) is 0 Å². The molecule has 0 saturated heterocycles. The van der Waals surface area contributed by atoms with Gasteiger partial charge in [-0.25, -0.2) is 4.79 Å². The molecule has 44 heavy (non-hydrogen) atoms. The van der Waals surface area contributed by atoms with Gasteiger partial charge in [0.1, 0.15) is 18.4 Å². The number of esters is 1. The van der Waals surface area contributed by atoms with Gasteiger partial charge in [-0.15, -0.1) is 0 Å². The maximum atomic E-state index is 13.2. The van der Waals surface area contributed by atoms with E-state index in [0.717, 1.165) is 22.0 Å². The minimum absolute atomic E-state index is 0.0624. The van der Waals surface area contributed by atoms with Crippen molar-refractivity contribution in [3.05, 3.63) is 138 Å². The number of nitrogens with one attached hydrogen (secondary N) is 1. The van der Waals surface area contributed by atoms with E-state index in [1.807, 2.05) is 91.0 Å². The highest BCUT2D eigenvalue weighted by atomic mass is 16.5. The van der Waals surface area contributed by atoms with Crippen LogP contribution in [0.25, 0.3) is 10.8 Å². The molecule has 5 rings (SSSR count). The molecule has 0 aliphatic rings. The third kappa shape index (κ3) is 7.31. The number of methoxy groups -OCH3 is 1. The number of rotatable bonds is 12. The summed E-state index contributed by atoms with van der Waals surface area (Å²) in [5, 5.41) is 5.42. The van der Waals surface area contributed by atoms with E-state index in [1.54, 1.807) is 42.2 Å². The van der Waals surface area contributed by atoms with Gasteiger partial charge >= 0.3 is 5.97 Å². The highest BCUT2D eigenvalue weighted by molar-refractivity contribution is 6.12. The summed E-state index contributed by atoms with van der Waals surface area (Å²) in [5.41, 5.74) is 3.30. The first-order chi connectivity index (χ1) is 21.4. The lowest BCUT2D eigenvalue weighted by Gasteiger charge is -2.22. The van der Waals surface area contributed by atoms with Crippen LogP contribution in [0.1, 0.15) is 28.4 Å². The van der Waals surface area contributed by atoms with Gasteiger partial charge in [-0.3, -0.25) is 9.59 Å². The number of carbonyl (C=O) groups is 3. The Morgan fingerprint density at radius 3 is 2.18 bits per heavy atom. The lowest BCUT2D eigenvalue weighted by Crippen LogP contribution is -2.33. The molecule has 0 spiro atoms. The Labute approximate surface area is 257 Å². The number of anilines is 2. The molecule has 1 atom stereocenters. The molecule has 0 aromatic heterocycles. The summed E-state index contributed by atoms with van der Waals surface area (Å²) >= 11 is 0. The van der Waals surface area contributed by atoms with Crippen LogP contribution in [0.3, 0.4) is 0 Å². The molecule has 5 aromatic carbocycles. The molecule has 5 aromatic rings. The van der Waals surface area contributed by atoms with Crippen molar-refractivity contribution in [2.75, 3.05) is 30.5 Å². The maximum absolute atomic E-state index is 13.2. The summed E-state index contributed by atoms with van der Waals surface area (Å²) in [6.45, 7) is 2.25. The second-order valence-electron chi connectivity index (χ2n) is 10.4. The third-order valence-electron chi connectivity index (χ3n) is 7.39. The predicted octanol–water partition coefficient (Wildman–Crippen LogP) is 6.70. The Morgan fingerprint density at radius 1 is 0.773 bits per heavy atom. The second-order valence-corrected chi connectivity index (χ2v) is 10.4. The van der Waals surface area contributed by atoms with E-state index in [-0.39, 0.29) is 11.7 Å². The van der Waals surface area contributed by atoms with E-state index in [0.29, 0.717) is 42.1 Å². The first kappa shape index (κ1) is 30.0. The van der Waals surface area contributed by atoms with Gasteiger partial charge in [0.2, 0.25) is 5.91 Å². The average molecular weight is 587 g/mol. The zero-order chi connectivity index (χ0) is 30.9. The van der Waals surface area contributed by atoms with E-state index >= 15 is 0 Å². The molecule has 7 nitrogen and oxygen atoms in total. The van der Waals surface area contributed by atoms with E-state index in [1.165, 1.54) is 7.11 Å². The van der Waals surface area contributed by atoms with Crippen LogP contribution in [-0.2, 0) is 20.7 Å². The van der Waals surface area contributed by atoms with Gasteiger partial charge in [-0.1, -0.05) is 84.9 Å². The highest BCUT2D eigenvalue weighted by Gasteiger charge is 2.23. The third-order valence-corrected chi connectivity index (χ3v) is 7.39. The molecule has 222 valence electrons. The lowest BCUT2D eigenvalue weighted by atomic mass is 10.00. The molecule has 1 N–H and O–H groups in total. The normalized spacial score (nSPS) is 11.4. The Morgan fingerprint density at radius 2 is 1.45 bits per heavy atom. The fourth-order valence-electron chi connectivity index (χ4n) is 5.10. The number of fused-ring (bicyclic) bond motifs is 1. The van der Waals surface area contributed by atoms with E-state index in [9.17, 15) is 14.4 Å². The number of hydrogen-bond donors (Lipinski definition) is 1.